The second kappa shape index (κ2) is 3.98. The molecule has 0 fully saturated rings. The van der Waals surface area contributed by atoms with E-state index in [1.807, 2.05) is 35.9 Å². The van der Waals surface area contributed by atoms with Crippen LogP contribution in [0.4, 0.5) is 5.95 Å². The molecular formula is C14H14N4O. The number of H-pyrrole nitrogens is 1. The van der Waals surface area contributed by atoms with Crippen LogP contribution in [-0.2, 0) is 7.05 Å². The second-order valence-electron chi connectivity index (χ2n) is 4.60. The van der Waals surface area contributed by atoms with Gasteiger partial charge in [-0.05, 0) is 19.1 Å². The maximum atomic E-state index is 11.4. The molecule has 5 heteroatoms. The number of anilines is 1. The second-order valence-corrected chi connectivity index (χ2v) is 4.60. The van der Waals surface area contributed by atoms with Crippen molar-refractivity contribution in [2.24, 2.45) is 7.05 Å². The van der Waals surface area contributed by atoms with E-state index in [-0.39, 0.29) is 5.56 Å². The molecule has 3 aromatic rings. The topological polar surface area (TPSA) is 76.7 Å². The summed E-state index contributed by atoms with van der Waals surface area (Å²) in [5.74, 6) is 0.476. The first-order chi connectivity index (χ1) is 9.08. The van der Waals surface area contributed by atoms with Crippen LogP contribution in [-0.4, -0.2) is 14.5 Å². The third kappa shape index (κ3) is 1.71. The van der Waals surface area contributed by atoms with E-state index in [1.165, 1.54) is 0 Å². The van der Waals surface area contributed by atoms with E-state index in [0.717, 1.165) is 22.2 Å². The van der Waals surface area contributed by atoms with Gasteiger partial charge < -0.3 is 15.3 Å². The van der Waals surface area contributed by atoms with Crippen molar-refractivity contribution >= 4 is 17.0 Å². The van der Waals surface area contributed by atoms with Gasteiger partial charge in [0, 0.05) is 29.9 Å². The summed E-state index contributed by atoms with van der Waals surface area (Å²) in [5.41, 5.74) is 10.2. The molecule has 96 valence electrons. The van der Waals surface area contributed by atoms with Gasteiger partial charge in [0.25, 0.3) is 5.56 Å². The normalized spacial score (nSPS) is 11.1. The maximum absolute atomic E-state index is 11.4. The van der Waals surface area contributed by atoms with Crippen LogP contribution < -0.4 is 11.3 Å². The van der Waals surface area contributed by atoms with Crippen LogP contribution in [0.3, 0.4) is 0 Å². The average molecular weight is 254 g/mol. The molecule has 0 spiro atoms. The van der Waals surface area contributed by atoms with E-state index in [9.17, 15) is 4.79 Å². The predicted octanol–water partition coefficient (Wildman–Crippen LogP) is 1.82. The maximum Gasteiger partial charge on any atom is 0.250 e. The fourth-order valence-corrected chi connectivity index (χ4v) is 2.22. The summed E-state index contributed by atoms with van der Waals surface area (Å²) in [6, 6.07) is 7.76. The highest BCUT2D eigenvalue weighted by Crippen LogP contribution is 2.28. The first-order valence-corrected chi connectivity index (χ1v) is 5.98. The summed E-state index contributed by atoms with van der Waals surface area (Å²) in [6.07, 6.45) is 1.70. The summed E-state index contributed by atoms with van der Waals surface area (Å²) in [5, 5.41) is 0. The van der Waals surface area contributed by atoms with Crippen molar-refractivity contribution in [3.63, 3.8) is 0 Å². The molecule has 0 saturated carbocycles. The minimum atomic E-state index is -0.0727. The smallest absolute Gasteiger partial charge is 0.250 e. The summed E-state index contributed by atoms with van der Waals surface area (Å²) in [7, 11) is 1.88. The lowest BCUT2D eigenvalue weighted by Gasteiger charge is -2.04. The van der Waals surface area contributed by atoms with Gasteiger partial charge in [-0.3, -0.25) is 4.79 Å². The number of aromatic amines is 1. The van der Waals surface area contributed by atoms with Gasteiger partial charge in [0.2, 0.25) is 5.95 Å². The van der Waals surface area contributed by atoms with Gasteiger partial charge in [-0.1, -0.05) is 12.1 Å². The standard InChI is InChI=1S/C14H14N4O/c1-8-6-9(7-16-13(8)19)10-4-3-5-11-12(10)17-14(15)18(11)2/h3-7H,1-2H3,(H2,15,17)(H,16,19). The molecule has 3 N–H and O–H groups in total. The zero-order valence-electron chi connectivity index (χ0n) is 10.8. The van der Waals surface area contributed by atoms with Gasteiger partial charge >= 0.3 is 0 Å². The van der Waals surface area contributed by atoms with Crippen molar-refractivity contribution in [3.05, 3.63) is 46.4 Å². The van der Waals surface area contributed by atoms with Crippen molar-refractivity contribution in [1.82, 2.24) is 14.5 Å². The van der Waals surface area contributed by atoms with Crippen LogP contribution in [0.1, 0.15) is 5.56 Å². The third-order valence-corrected chi connectivity index (χ3v) is 3.35. The number of rotatable bonds is 1. The number of aryl methyl sites for hydroxylation is 2. The molecule has 3 rings (SSSR count). The fourth-order valence-electron chi connectivity index (χ4n) is 2.22. The van der Waals surface area contributed by atoms with Crippen molar-refractivity contribution in [3.8, 4) is 11.1 Å². The van der Waals surface area contributed by atoms with E-state index in [2.05, 4.69) is 9.97 Å². The Morgan fingerprint density at radius 1 is 1.37 bits per heavy atom. The van der Waals surface area contributed by atoms with Crippen molar-refractivity contribution in [2.45, 2.75) is 6.92 Å². The molecule has 0 unspecified atom stereocenters. The van der Waals surface area contributed by atoms with Crippen LogP contribution in [0.5, 0.6) is 0 Å². The molecule has 1 aromatic carbocycles. The third-order valence-electron chi connectivity index (χ3n) is 3.35. The summed E-state index contributed by atoms with van der Waals surface area (Å²) in [6.45, 7) is 1.79. The Morgan fingerprint density at radius 2 is 2.16 bits per heavy atom. The highest BCUT2D eigenvalue weighted by atomic mass is 16.1. The Labute approximate surface area is 109 Å². The van der Waals surface area contributed by atoms with Crippen molar-refractivity contribution in [2.75, 3.05) is 5.73 Å². The monoisotopic (exact) mass is 254 g/mol. The Balaban J connectivity index is 2.33. The van der Waals surface area contributed by atoms with Crippen LogP contribution in [0.15, 0.2) is 35.3 Å². The molecule has 0 aliphatic rings. The van der Waals surface area contributed by atoms with Gasteiger partial charge in [-0.2, -0.15) is 0 Å². The molecule has 0 saturated heterocycles. The summed E-state index contributed by atoms with van der Waals surface area (Å²) >= 11 is 0. The number of nitrogens with two attached hydrogens (primary N) is 1. The van der Waals surface area contributed by atoms with E-state index in [0.29, 0.717) is 11.5 Å². The number of nitrogens with zero attached hydrogens (tertiary/aromatic N) is 2. The SMILES string of the molecule is Cc1cc(-c2cccc3c2nc(N)n3C)c[nH]c1=O. The molecule has 0 atom stereocenters. The number of imidazole rings is 1. The van der Waals surface area contributed by atoms with Crippen molar-refractivity contribution < 1.29 is 0 Å². The summed E-state index contributed by atoms with van der Waals surface area (Å²) < 4.78 is 1.84. The number of aromatic nitrogens is 3. The lowest BCUT2D eigenvalue weighted by Crippen LogP contribution is -2.07. The molecule has 0 aliphatic carbocycles. The molecule has 2 aromatic heterocycles. The Bertz CT molecular complexity index is 829. The molecule has 19 heavy (non-hydrogen) atoms. The van der Waals surface area contributed by atoms with E-state index < -0.39 is 0 Å². The number of hydrogen-bond acceptors (Lipinski definition) is 3. The number of pyridine rings is 1. The number of hydrogen-bond donors (Lipinski definition) is 2. The number of fused-ring (bicyclic) bond motifs is 1. The van der Waals surface area contributed by atoms with Crippen LogP contribution in [0.25, 0.3) is 22.2 Å². The lowest BCUT2D eigenvalue weighted by molar-refractivity contribution is 0.965. The Kier molecular flexibility index (Phi) is 2.41. The van der Waals surface area contributed by atoms with E-state index in [1.54, 1.807) is 13.1 Å². The van der Waals surface area contributed by atoms with Crippen LogP contribution >= 0.6 is 0 Å². The quantitative estimate of drug-likeness (QED) is 0.695. The molecule has 2 heterocycles. The number of para-hydroxylation sites is 1. The highest BCUT2D eigenvalue weighted by Gasteiger charge is 2.11. The van der Waals surface area contributed by atoms with Gasteiger partial charge in [0.1, 0.15) is 0 Å². The van der Waals surface area contributed by atoms with Crippen molar-refractivity contribution in [1.29, 1.82) is 0 Å². The zero-order chi connectivity index (χ0) is 13.6. The van der Waals surface area contributed by atoms with Gasteiger partial charge in [-0.25, -0.2) is 4.98 Å². The predicted molar refractivity (Wildman–Crippen MR) is 75.9 cm³/mol. The number of nitrogen functional groups attached to an aromatic ring is 1. The Hall–Kier alpha value is -2.56. The van der Waals surface area contributed by atoms with Crippen LogP contribution in [0.2, 0.25) is 0 Å². The largest absolute Gasteiger partial charge is 0.369 e. The number of nitrogens with one attached hydrogen (secondary N) is 1. The fraction of sp³-hybridized carbons (Fsp3) is 0.143. The minimum Gasteiger partial charge on any atom is -0.369 e. The molecule has 0 amide bonds. The van der Waals surface area contributed by atoms with Gasteiger partial charge in [0.15, 0.2) is 0 Å². The van der Waals surface area contributed by atoms with Gasteiger partial charge in [0.05, 0.1) is 11.0 Å². The molecule has 0 bridgehead atoms. The average Bonchev–Trinajstić information content (AvgIpc) is 2.69. The van der Waals surface area contributed by atoms with E-state index >= 15 is 0 Å². The zero-order valence-corrected chi connectivity index (χ0v) is 10.8. The summed E-state index contributed by atoms with van der Waals surface area (Å²) in [4.78, 5) is 18.6. The minimum absolute atomic E-state index is 0.0727. The lowest BCUT2D eigenvalue weighted by atomic mass is 10.0. The first-order valence-electron chi connectivity index (χ1n) is 5.98. The number of benzene rings is 1. The highest BCUT2D eigenvalue weighted by molar-refractivity contribution is 5.93. The molecule has 0 aliphatic heterocycles. The first kappa shape index (κ1) is 11.5. The van der Waals surface area contributed by atoms with Crippen LogP contribution in [0, 0.1) is 6.92 Å². The van der Waals surface area contributed by atoms with E-state index in [4.69, 9.17) is 5.73 Å². The van der Waals surface area contributed by atoms with Gasteiger partial charge in [-0.15, -0.1) is 0 Å². The molecule has 5 nitrogen and oxygen atoms in total. The Morgan fingerprint density at radius 3 is 2.89 bits per heavy atom. The molecular weight excluding hydrogens is 240 g/mol. The molecule has 0 radical (unpaired) electrons.